The molecule has 1 aliphatic heterocycles. The van der Waals surface area contributed by atoms with Crippen LogP contribution in [-0.4, -0.2) is 30.3 Å². The number of hydrogen-bond acceptors (Lipinski definition) is 7. The van der Waals surface area contributed by atoms with Crippen LogP contribution in [0.15, 0.2) is 21.8 Å². The largest absolute Gasteiger partial charge is 0.463 e. The summed E-state index contributed by atoms with van der Waals surface area (Å²) in [7, 11) is 0. The van der Waals surface area contributed by atoms with Crippen molar-refractivity contribution in [1.82, 2.24) is 5.16 Å². The summed E-state index contributed by atoms with van der Waals surface area (Å²) in [4.78, 5) is 17.3. The van der Waals surface area contributed by atoms with E-state index in [4.69, 9.17) is 14.0 Å². The van der Waals surface area contributed by atoms with Crippen LogP contribution in [-0.2, 0) is 45.6 Å². The first kappa shape index (κ1) is 18.2. The van der Waals surface area contributed by atoms with Crippen LogP contribution in [0, 0.1) is 6.92 Å². The lowest BCUT2D eigenvalue weighted by molar-refractivity contribution is -0.162. The van der Waals surface area contributed by atoms with Crippen molar-refractivity contribution in [1.29, 1.82) is 0 Å². The molecule has 29 heavy (non-hydrogen) atoms. The Balaban J connectivity index is 1.48. The monoisotopic (exact) mass is 395 g/mol. The number of amidine groups is 1. The number of benzene rings is 1. The molecule has 152 valence electrons. The van der Waals surface area contributed by atoms with Crippen LogP contribution in [0.4, 0.5) is 5.69 Å². The first-order chi connectivity index (χ1) is 14.1. The molecule has 1 aromatic heterocycles. The van der Waals surface area contributed by atoms with Gasteiger partial charge in [0.15, 0.2) is 0 Å². The topological polar surface area (TPSA) is 86.0 Å². The number of aliphatic imine (C=N–C) groups is 1. The molecule has 0 spiro atoms. The molecule has 3 aliphatic rings. The number of anilines is 1. The lowest BCUT2D eigenvalue weighted by Crippen LogP contribution is -2.42. The van der Waals surface area contributed by atoms with Crippen molar-refractivity contribution in [3.8, 4) is 0 Å². The van der Waals surface area contributed by atoms with Gasteiger partial charge in [0.1, 0.15) is 18.5 Å². The molecule has 7 heteroatoms. The second-order valence-corrected chi connectivity index (χ2v) is 7.90. The first-order valence-corrected chi connectivity index (χ1v) is 10.4. The summed E-state index contributed by atoms with van der Waals surface area (Å²) in [5.74, 6) is -0.506. The van der Waals surface area contributed by atoms with Crippen LogP contribution in [0.5, 0.6) is 0 Å². The highest BCUT2D eigenvalue weighted by molar-refractivity contribution is 5.97. The van der Waals surface area contributed by atoms with Crippen LogP contribution < -0.4 is 5.32 Å². The highest BCUT2D eigenvalue weighted by Crippen LogP contribution is 2.42. The van der Waals surface area contributed by atoms with Gasteiger partial charge < -0.3 is 19.3 Å². The van der Waals surface area contributed by atoms with E-state index in [1.165, 1.54) is 46.9 Å². The Hall–Kier alpha value is -2.83. The summed E-state index contributed by atoms with van der Waals surface area (Å²) in [6.07, 6.45) is 8.14. The second kappa shape index (κ2) is 6.90. The van der Waals surface area contributed by atoms with E-state index < -0.39 is 11.6 Å². The van der Waals surface area contributed by atoms with Crippen LogP contribution in [0.2, 0.25) is 0 Å². The zero-order chi connectivity index (χ0) is 20.0. The minimum atomic E-state index is -1.40. The highest BCUT2D eigenvalue weighted by atomic mass is 16.6. The van der Waals surface area contributed by atoms with Gasteiger partial charge in [0.05, 0.1) is 6.61 Å². The van der Waals surface area contributed by atoms with Crippen molar-refractivity contribution >= 4 is 17.7 Å². The van der Waals surface area contributed by atoms with Gasteiger partial charge >= 0.3 is 5.97 Å². The Labute approximate surface area is 169 Å². The van der Waals surface area contributed by atoms with E-state index in [1.54, 1.807) is 13.0 Å². The predicted molar refractivity (Wildman–Crippen MR) is 107 cm³/mol. The van der Waals surface area contributed by atoms with Crippen LogP contribution in [0.1, 0.15) is 53.3 Å². The molecule has 0 saturated carbocycles. The van der Waals surface area contributed by atoms with Gasteiger partial charge in [-0.15, -0.1) is 0 Å². The van der Waals surface area contributed by atoms with E-state index >= 15 is 0 Å². The molecular weight excluding hydrogens is 370 g/mol. The minimum absolute atomic E-state index is 0.108. The fourth-order valence-electron chi connectivity index (χ4n) is 4.98. The molecule has 1 N–H and O–H groups in total. The van der Waals surface area contributed by atoms with E-state index in [2.05, 4.69) is 22.4 Å². The number of ether oxygens (including phenoxy) is 2. The van der Waals surface area contributed by atoms with E-state index in [0.717, 1.165) is 31.4 Å². The van der Waals surface area contributed by atoms with E-state index in [1.807, 2.05) is 0 Å². The maximum Gasteiger partial charge on any atom is 0.359 e. The molecule has 1 aromatic carbocycles. The van der Waals surface area contributed by atoms with Gasteiger partial charge in [-0.1, -0.05) is 5.16 Å². The van der Waals surface area contributed by atoms with E-state index in [0.29, 0.717) is 11.7 Å². The molecule has 0 bridgehead atoms. The van der Waals surface area contributed by atoms with Crippen molar-refractivity contribution in [2.75, 3.05) is 18.5 Å². The molecule has 5 rings (SSSR count). The zero-order valence-electron chi connectivity index (χ0n) is 16.8. The predicted octanol–water partition coefficient (Wildman–Crippen LogP) is 3.22. The van der Waals surface area contributed by atoms with Crippen LogP contribution in [0.3, 0.4) is 0 Å². The number of esters is 1. The van der Waals surface area contributed by atoms with Gasteiger partial charge in [0.25, 0.3) is 11.6 Å². The van der Waals surface area contributed by atoms with Gasteiger partial charge in [-0.3, -0.25) is 0 Å². The molecule has 2 heterocycles. The lowest BCUT2D eigenvalue weighted by atomic mass is 9.93. The van der Waals surface area contributed by atoms with E-state index in [-0.39, 0.29) is 13.2 Å². The maximum absolute atomic E-state index is 12.8. The fraction of sp³-hybridized carbons (Fsp3) is 0.500. The Bertz CT molecular complexity index is 961. The van der Waals surface area contributed by atoms with Crippen molar-refractivity contribution in [3.05, 3.63) is 45.8 Å². The normalized spacial score (nSPS) is 22.1. The summed E-state index contributed by atoms with van der Waals surface area (Å²) >= 11 is 0. The number of carbonyl (C=O) groups excluding carboxylic acids is 1. The summed E-state index contributed by atoms with van der Waals surface area (Å²) in [5.41, 5.74) is 7.27. The number of aromatic nitrogens is 1. The third kappa shape index (κ3) is 2.74. The molecule has 0 amide bonds. The van der Waals surface area contributed by atoms with E-state index in [9.17, 15) is 4.79 Å². The van der Waals surface area contributed by atoms with Crippen molar-refractivity contribution in [3.63, 3.8) is 0 Å². The summed E-state index contributed by atoms with van der Waals surface area (Å²) in [6.45, 7) is 4.39. The second-order valence-electron chi connectivity index (χ2n) is 7.90. The van der Waals surface area contributed by atoms with Gasteiger partial charge in [-0.2, -0.15) is 0 Å². The molecule has 2 aromatic rings. The van der Waals surface area contributed by atoms with Crippen molar-refractivity contribution < 1.29 is 18.8 Å². The zero-order valence-corrected chi connectivity index (χ0v) is 16.8. The SMILES string of the molecule is CCOC(=O)C1(c2ccon2)CN=C(Nc2c3c(c(C)c4c2CCC4)CCC3)O1. The maximum atomic E-state index is 12.8. The molecule has 2 aliphatic carbocycles. The van der Waals surface area contributed by atoms with Gasteiger partial charge in [-0.25, -0.2) is 9.79 Å². The quantitative estimate of drug-likeness (QED) is 0.800. The summed E-state index contributed by atoms with van der Waals surface area (Å²) in [6, 6.07) is 1.96. The number of carbonyl (C=O) groups is 1. The van der Waals surface area contributed by atoms with Crippen molar-refractivity contribution in [2.24, 2.45) is 4.99 Å². The third-order valence-corrected chi connectivity index (χ3v) is 6.35. The van der Waals surface area contributed by atoms with Crippen LogP contribution >= 0.6 is 0 Å². The summed E-state index contributed by atoms with van der Waals surface area (Å²) < 4.78 is 16.3. The average Bonchev–Trinajstić information content (AvgIpc) is 3.51. The van der Waals surface area contributed by atoms with Crippen LogP contribution in [0.25, 0.3) is 0 Å². The van der Waals surface area contributed by atoms with Gasteiger partial charge in [-0.05, 0) is 80.2 Å². The number of nitrogens with zero attached hydrogens (tertiary/aromatic N) is 2. The molecule has 7 nitrogen and oxygen atoms in total. The average molecular weight is 395 g/mol. The minimum Gasteiger partial charge on any atom is -0.463 e. The Morgan fingerprint density at radius 3 is 2.48 bits per heavy atom. The first-order valence-electron chi connectivity index (χ1n) is 10.4. The number of rotatable bonds is 4. The molecule has 0 radical (unpaired) electrons. The smallest absolute Gasteiger partial charge is 0.359 e. The summed E-state index contributed by atoms with van der Waals surface area (Å²) in [5, 5.41) is 7.38. The van der Waals surface area contributed by atoms with Gasteiger partial charge in [0.2, 0.25) is 0 Å². The molecule has 1 unspecified atom stereocenters. The van der Waals surface area contributed by atoms with Crippen molar-refractivity contribution in [2.45, 2.75) is 58.0 Å². The Kier molecular flexibility index (Phi) is 4.33. The Morgan fingerprint density at radius 2 is 1.86 bits per heavy atom. The lowest BCUT2D eigenvalue weighted by Gasteiger charge is -2.24. The third-order valence-electron chi connectivity index (χ3n) is 6.35. The molecule has 1 atom stereocenters. The Morgan fingerprint density at radius 1 is 1.17 bits per heavy atom. The molecular formula is C22H25N3O4. The number of hydrogen-bond donors (Lipinski definition) is 1. The standard InChI is InChI=1S/C22H25N3O4/c1-3-27-20(26)22(18-10-11-28-25-18)12-23-21(29-22)24-19-16-8-4-6-14(16)13(2)15-7-5-9-17(15)19/h10-11H,3-9,12H2,1-2H3,(H,23,24). The molecule has 0 fully saturated rings. The number of fused-ring (bicyclic) bond motifs is 2. The van der Waals surface area contributed by atoms with Gasteiger partial charge in [0, 0.05) is 11.8 Å². The fourth-order valence-corrected chi connectivity index (χ4v) is 4.98. The molecule has 0 saturated heterocycles. The highest BCUT2D eigenvalue weighted by Gasteiger charge is 2.51. The number of nitrogens with one attached hydrogen (secondary N) is 1.